The van der Waals surface area contributed by atoms with E-state index in [2.05, 4.69) is 15.5 Å². The minimum atomic E-state index is -0.720. The van der Waals surface area contributed by atoms with Crippen LogP contribution < -0.4 is 5.69 Å². The van der Waals surface area contributed by atoms with Crippen LogP contribution in [0.15, 0.2) is 23.0 Å². The number of tetrazole rings is 1. The van der Waals surface area contributed by atoms with E-state index in [9.17, 15) is 13.6 Å². The molecule has 16 heavy (non-hydrogen) atoms. The molecule has 1 atom stereocenters. The van der Waals surface area contributed by atoms with Crippen molar-refractivity contribution in [3.63, 3.8) is 0 Å². The summed E-state index contributed by atoms with van der Waals surface area (Å²) in [7, 11) is 0. The lowest BCUT2D eigenvalue weighted by Crippen LogP contribution is -2.23. The normalized spacial score (nSPS) is 12.7. The third-order valence-corrected chi connectivity index (χ3v) is 2.27. The molecule has 0 radical (unpaired) electrons. The molecule has 0 aliphatic heterocycles. The first-order chi connectivity index (χ1) is 7.59. The zero-order valence-corrected chi connectivity index (χ0v) is 8.32. The van der Waals surface area contributed by atoms with Crippen molar-refractivity contribution in [2.24, 2.45) is 0 Å². The molecule has 2 rings (SSSR count). The van der Waals surface area contributed by atoms with Gasteiger partial charge in [0.25, 0.3) is 0 Å². The van der Waals surface area contributed by atoms with E-state index in [0.717, 1.165) is 16.8 Å². The minimum Gasteiger partial charge on any atom is -0.244 e. The Kier molecular flexibility index (Phi) is 2.51. The monoisotopic (exact) mass is 226 g/mol. The second-order valence-corrected chi connectivity index (χ2v) is 3.29. The number of rotatable bonds is 2. The van der Waals surface area contributed by atoms with E-state index in [4.69, 9.17) is 0 Å². The molecular formula is C9H8F2N4O. The van der Waals surface area contributed by atoms with Gasteiger partial charge in [0, 0.05) is 11.6 Å². The van der Waals surface area contributed by atoms with Crippen molar-refractivity contribution in [3.8, 4) is 0 Å². The molecule has 0 fully saturated rings. The van der Waals surface area contributed by atoms with Crippen molar-refractivity contribution < 1.29 is 8.78 Å². The number of aromatic amines is 1. The lowest BCUT2D eigenvalue weighted by atomic mass is 10.1. The van der Waals surface area contributed by atoms with Crippen LogP contribution in [0.4, 0.5) is 8.78 Å². The highest BCUT2D eigenvalue weighted by atomic mass is 19.1. The number of halogens is 2. The molecule has 1 aromatic carbocycles. The maximum atomic E-state index is 13.4. The van der Waals surface area contributed by atoms with E-state index in [1.165, 1.54) is 6.07 Å². The quantitative estimate of drug-likeness (QED) is 0.825. The van der Waals surface area contributed by atoms with Crippen molar-refractivity contribution in [3.05, 3.63) is 45.9 Å². The fourth-order valence-electron chi connectivity index (χ4n) is 1.43. The molecule has 0 bridgehead atoms. The Morgan fingerprint density at radius 2 is 2.19 bits per heavy atom. The summed E-state index contributed by atoms with van der Waals surface area (Å²) in [6.07, 6.45) is 0. The van der Waals surface area contributed by atoms with Crippen molar-refractivity contribution in [2.75, 3.05) is 0 Å². The zero-order chi connectivity index (χ0) is 11.7. The average Bonchev–Trinajstić information content (AvgIpc) is 2.63. The Bertz CT molecular complexity index is 563. The highest BCUT2D eigenvalue weighted by Gasteiger charge is 2.16. The lowest BCUT2D eigenvalue weighted by Gasteiger charge is -2.10. The van der Waals surface area contributed by atoms with Crippen LogP contribution in [0.3, 0.4) is 0 Å². The van der Waals surface area contributed by atoms with Crippen LogP contribution in [0.2, 0.25) is 0 Å². The Hall–Kier alpha value is -2.05. The fraction of sp³-hybridized carbons (Fsp3) is 0.222. The van der Waals surface area contributed by atoms with Crippen LogP contribution in [-0.2, 0) is 0 Å². The number of aromatic nitrogens is 4. The first kappa shape index (κ1) is 10.5. The molecular weight excluding hydrogens is 218 g/mol. The molecule has 0 saturated heterocycles. The van der Waals surface area contributed by atoms with Crippen LogP contribution in [0, 0.1) is 11.6 Å². The Morgan fingerprint density at radius 1 is 1.44 bits per heavy atom. The highest BCUT2D eigenvalue weighted by Crippen LogP contribution is 2.19. The number of hydrogen-bond acceptors (Lipinski definition) is 3. The summed E-state index contributed by atoms with van der Waals surface area (Å²) in [5, 5.41) is 8.89. The van der Waals surface area contributed by atoms with Crippen molar-refractivity contribution in [2.45, 2.75) is 13.0 Å². The van der Waals surface area contributed by atoms with E-state index < -0.39 is 23.4 Å². The second-order valence-electron chi connectivity index (χ2n) is 3.29. The molecule has 0 aliphatic carbocycles. The molecule has 84 valence electrons. The SMILES string of the molecule is CC(c1ccc(F)cc1F)n1nn[nH]c1=O. The lowest BCUT2D eigenvalue weighted by molar-refractivity contribution is 0.492. The van der Waals surface area contributed by atoms with Gasteiger partial charge in [0.1, 0.15) is 11.6 Å². The second kappa shape index (κ2) is 3.84. The number of nitrogens with one attached hydrogen (secondary N) is 1. The van der Waals surface area contributed by atoms with Gasteiger partial charge in [-0.05, 0) is 23.4 Å². The van der Waals surface area contributed by atoms with Crippen LogP contribution in [0.5, 0.6) is 0 Å². The van der Waals surface area contributed by atoms with Gasteiger partial charge in [0.2, 0.25) is 0 Å². The molecule has 2 aromatic rings. The molecule has 1 N–H and O–H groups in total. The van der Waals surface area contributed by atoms with Gasteiger partial charge in [-0.3, -0.25) is 0 Å². The summed E-state index contributed by atoms with van der Waals surface area (Å²) in [4.78, 5) is 11.2. The van der Waals surface area contributed by atoms with Gasteiger partial charge in [-0.25, -0.2) is 18.7 Å². The molecule has 0 saturated carbocycles. The number of hydrogen-bond donors (Lipinski definition) is 1. The van der Waals surface area contributed by atoms with E-state index >= 15 is 0 Å². The third-order valence-electron chi connectivity index (χ3n) is 2.27. The predicted octanol–water partition coefficient (Wildman–Crippen LogP) is 0.854. The summed E-state index contributed by atoms with van der Waals surface area (Å²) in [5.74, 6) is -1.39. The largest absolute Gasteiger partial charge is 0.361 e. The van der Waals surface area contributed by atoms with Gasteiger partial charge in [-0.1, -0.05) is 6.07 Å². The maximum absolute atomic E-state index is 13.4. The van der Waals surface area contributed by atoms with E-state index in [0.29, 0.717) is 0 Å². The van der Waals surface area contributed by atoms with Gasteiger partial charge in [-0.15, -0.1) is 0 Å². The molecule has 0 amide bonds. The van der Waals surface area contributed by atoms with Gasteiger partial charge in [-0.2, -0.15) is 4.68 Å². The minimum absolute atomic E-state index is 0.178. The van der Waals surface area contributed by atoms with E-state index in [-0.39, 0.29) is 5.56 Å². The van der Waals surface area contributed by atoms with Gasteiger partial charge in [0.05, 0.1) is 6.04 Å². The average molecular weight is 226 g/mol. The number of H-pyrrole nitrogens is 1. The summed E-state index contributed by atoms with van der Waals surface area (Å²) >= 11 is 0. The van der Waals surface area contributed by atoms with Gasteiger partial charge < -0.3 is 0 Å². The molecule has 5 nitrogen and oxygen atoms in total. The Balaban J connectivity index is 2.45. The molecule has 1 unspecified atom stereocenters. The Labute approximate surface area is 88.7 Å². The van der Waals surface area contributed by atoms with Crippen LogP contribution >= 0.6 is 0 Å². The van der Waals surface area contributed by atoms with E-state index in [1.807, 2.05) is 0 Å². The summed E-state index contributed by atoms with van der Waals surface area (Å²) in [6, 6.07) is 2.51. The standard InChI is InChI=1S/C9H8F2N4O/c1-5(15-9(16)12-13-14-15)7-3-2-6(10)4-8(7)11/h2-5H,1H3,(H,12,14,16). The van der Waals surface area contributed by atoms with Gasteiger partial charge in [0.15, 0.2) is 0 Å². The number of benzene rings is 1. The fourth-order valence-corrected chi connectivity index (χ4v) is 1.43. The summed E-state index contributed by atoms with van der Waals surface area (Å²) < 4.78 is 27.1. The van der Waals surface area contributed by atoms with Gasteiger partial charge >= 0.3 is 5.69 Å². The van der Waals surface area contributed by atoms with Crippen LogP contribution in [0.1, 0.15) is 18.5 Å². The molecule has 1 aromatic heterocycles. The predicted molar refractivity (Wildman–Crippen MR) is 50.8 cm³/mol. The summed E-state index contributed by atoms with van der Waals surface area (Å²) in [6.45, 7) is 1.57. The summed E-state index contributed by atoms with van der Waals surface area (Å²) in [5.41, 5.74) is -0.367. The molecule has 7 heteroatoms. The number of nitrogens with zero attached hydrogens (tertiary/aromatic N) is 3. The maximum Gasteiger partial charge on any atom is 0.361 e. The highest BCUT2D eigenvalue weighted by molar-refractivity contribution is 5.21. The topological polar surface area (TPSA) is 63.6 Å². The third kappa shape index (κ3) is 1.71. The van der Waals surface area contributed by atoms with Crippen molar-refractivity contribution >= 4 is 0 Å². The van der Waals surface area contributed by atoms with Crippen molar-refractivity contribution in [1.82, 2.24) is 20.2 Å². The Morgan fingerprint density at radius 3 is 2.75 bits per heavy atom. The van der Waals surface area contributed by atoms with Crippen molar-refractivity contribution in [1.29, 1.82) is 0 Å². The first-order valence-electron chi connectivity index (χ1n) is 4.54. The van der Waals surface area contributed by atoms with E-state index in [1.54, 1.807) is 6.92 Å². The molecule has 0 aliphatic rings. The smallest absolute Gasteiger partial charge is 0.244 e. The first-order valence-corrected chi connectivity index (χ1v) is 4.54. The molecule has 1 heterocycles. The van der Waals surface area contributed by atoms with Crippen LogP contribution in [0.25, 0.3) is 0 Å². The van der Waals surface area contributed by atoms with Crippen LogP contribution in [-0.4, -0.2) is 20.2 Å². The molecule has 0 spiro atoms. The zero-order valence-electron chi connectivity index (χ0n) is 8.32.